The van der Waals surface area contributed by atoms with Gasteiger partial charge >= 0.3 is 5.97 Å². The zero-order valence-electron chi connectivity index (χ0n) is 21.6. The van der Waals surface area contributed by atoms with Crippen LogP contribution in [0.1, 0.15) is 34.5 Å². The van der Waals surface area contributed by atoms with Crippen LogP contribution in [0.2, 0.25) is 0 Å². The first-order chi connectivity index (χ1) is 19.4. The lowest BCUT2D eigenvalue weighted by Crippen LogP contribution is -2.33. The molecule has 8 heteroatoms. The average Bonchev–Trinajstić information content (AvgIpc) is 3.25. The monoisotopic (exact) mass is 541 g/mol. The third-order valence-corrected chi connectivity index (χ3v) is 7.44. The minimum absolute atomic E-state index is 0.0565. The van der Waals surface area contributed by atoms with Crippen LogP contribution >= 0.6 is 0 Å². The lowest BCUT2D eigenvalue weighted by Gasteiger charge is -2.27. The average molecular weight is 542 g/mol. The zero-order valence-corrected chi connectivity index (χ0v) is 21.6. The van der Waals surface area contributed by atoms with Crippen LogP contribution < -0.4 is 0 Å². The van der Waals surface area contributed by atoms with Crippen molar-refractivity contribution in [1.82, 2.24) is 14.5 Å². The summed E-state index contributed by atoms with van der Waals surface area (Å²) >= 11 is 0. The summed E-state index contributed by atoms with van der Waals surface area (Å²) in [4.78, 5) is 17.6. The molecular formula is C32H26F3N3O2. The largest absolute Gasteiger partial charge is 0.481 e. The number of nitrogens with zero attached hydrogens (tertiary/aromatic N) is 3. The van der Waals surface area contributed by atoms with E-state index < -0.39 is 17.6 Å². The van der Waals surface area contributed by atoms with E-state index in [0.29, 0.717) is 48.0 Å². The molecule has 0 atom stereocenters. The predicted octanol–water partition coefficient (Wildman–Crippen LogP) is 6.66. The second kappa shape index (κ2) is 10.6. The number of halogens is 3. The Hall–Kier alpha value is -4.43. The molecule has 1 aliphatic rings. The first-order valence-corrected chi connectivity index (χ1v) is 13.1. The predicted molar refractivity (Wildman–Crippen MR) is 149 cm³/mol. The molecule has 1 aliphatic heterocycles. The fourth-order valence-corrected chi connectivity index (χ4v) is 5.52. The molecule has 0 saturated heterocycles. The molecule has 0 fully saturated rings. The van der Waals surface area contributed by atoms with Gasteiger partial charge in [0.25, 0.3) is 0 Å². The van der Waals surface area contributed by atoms with Gasteiger partial charge in [-0.1, -0.05) is 36.4 Å². The summed E-state index contributed by atoms with van der Waals surface area (Å²) in [5, 5.41) is 10.2. The Bertz CT molecular complexity index is 1790. The molecule has 0 radical (unpaired) electrons. The van der Waals surface area contributed by atoms with Gasteiger partial charge in [0.1, 0.15) is 5.82 Å². The highest BCUT2D eigenvalue weighted by Crippen LogP contribution is 2.33. The molecule has 1 N–H and O–H groups in total. The maximum absolute atomic E-state index is 15.1. The standard InChI is InChI=1S/C32H26F3N3O2/c33-25-5-2-6-30-32(25)24-19-37(14-12-31(39)40)13-11-29(24)38(30)18-21-4-1-3-20(15-21)7-9-23-10-8-22-16-26(34)27(35)17-28(22)36-23/h1-10,15-17H,11-14,18-19H2,(H,39,40)/b9-7+. The van der Waals surface area contributed by atoms with Crippen LogP contribution in [0.15, 0.2) is 66.7 Å². The molecule has 0 unspecified atom stereocenters. The molecule has 0 spiro atoms. The number of hydrogen-bond donors (Lipinski definition) is 1. The summed E-state index contributed by atoms with van der Waals surface area (Å²) in [7, 11) is 0. The highest BCUT2D eigenvalue weighted by Gasteiger charge is 2.26. The molecule has 5 nitrogen and oxygen atoms in total. The zero-order chi connectivity index (χ0) is 27.8. The Labute approximate surface area is 228 Å². The van der Waals surface area contributed by atoms with Gasteiger partial charge in [-0.15, -0.1) is 0 Å². The van der Waals surface area contributed by atoms with E-state index >= 15 is 4.39 Å². The summed E-state index contributed by atoms with van der Waals surface area (Å²) in [6.45, 7) is 2.23. The van der Waals surface area contributed by atoms with Gasteiger partial charge in [-0.05, 0) is 53.1 Å². The third kappa shape index (κ3) is 5.10. The molecule has 2 aromatic heterocycles. The van der Waals surface area contributed by atoms with Crippen molar-refractivity contribution < 1.29 is 23.1 Å². The fourth-order valence-electron chi connectivity index (χ4n) is 5.52. The van der Waals surface area contributed by atoms with E-state index in [2.05, 4.69) is 20.5 Å². The van der Waals surface area contributed by atoms with Gasteiger partial charge in [0, 0.05) is 55.1 Å². The fraction of sp³-hybridized carbons (Fsp3) is 0.188. The van der Waals surface area contributed by atoms with E-state index in [1.165, 1.54) is 6.07 Å². The highest BCUT2D eigenvalue weighted by molar-refractivity contribution is 5.87. The van der Waals surface area contributed by atoms with Crippen molar-refractivity contribution in [3.8, 4) is 0 Å². The maximum atomic E-state index is 15.1. The van der Waals surface area contributed by atoms with Crippen LogP contribution in [0.25, 0.3) is 34.0 Å². The lowest BCUT2D eigenvalue weighted by atomic mass is 10.0. The second-order valence-electron chi connectivity index (χ2n) is 10.1. The van der Waals surface area contributed by atoms with Gasteiger partial charge in [0.05, 0.1) is 23.1 Å². The van der Waals surface area contributed by atoms with Crippen molar-refractivity contribution in [1.29, 1.82) is 0 Å². The number of aliphatic carboxylic acids is 1. The third-order valence-electron chi connectivity index (χ3n) is 7.44. The normalized spacial score (nSPS) is 13.9. The van der Waals surface area contributed by atoms with Crippen molar-refractivity contribution in [2.24, 2.45) is 0 Å². The molecule has 3 aromatic carbocycles. The van der Waals surface area contributed by atoms with Crippen LogP contribution in [0, 0.1) is 17.5 Å². The van der Waals surface area contributed by atoms with E-state index in [1.54, 1.807) is 18.2 Å². The van der Waals surface area contributed by atoms with Gasteiger partial charge in [-0.25, -0.2) is 18.2 Å². The molecular weight excluding hydrogens is 515 g/mol. The summed E-state index contributed by atoms with van der Waals surface area (Å²) in [5.41, 5.74) is 5.83. The Morgan fingerprint density at radius 3 is 2.62 bits per heavy atom. The van der Waals surface area contributed by atoms with Crippen LogP contribution in [0.3, 0.4) is 0 Å². The van der Waals surface area contributed by atoms with Gasteiger partial charge in [-0.2, -0.15) is 0 Å². The number of carbonyl (C=O) groups is 1. The van der Waals surface area contributed by atoms with Gasteiger partial charge < -0.3 is 9.67 Å². The Kier molecular flexibility index (Phi) is 6.86. The lowest BCUT2D eigenvalue weighted by molar-refractivity contribution is -0.137. The molecule has 40 heavy (non-hydrogen) atoms. The summed E-state index contributed by atoms with van der Waals surface area (Å²) in [5.74, 6) is -2.94. The van der Waals surface area contributed by atoms with E-state index in [4.69, 9.17) is 5.11 Å². The molecule has 6 rings (SSSR count). The van der Waals surface area contributed by atoms with Crippen molar-refractivity contribution in [3.05, 3.63) is 112 Å². The number of fused-ring (bicyclic) bond motifs is 4. The molecule has 0 amide bonds. The van der Waals surface area contributed by atoms with Crippen molar-refractivity contribution in [2.75, 3.05) is 13.1 Å². The van der Waals surface area contributed by atoms with E-state index in [-0.39, 0.29) is 12.2 Å². The molecule has 0 aliphatic carbocycles. The van der Waals surface area contributed by atoms with Crippen LogP contribution in [0.4, 0.5) is 13.2 Å². The SMILES string of the molecule is O=C(O)CCN1CCc2c(c3c(F)cccc3n2Cc2cccc(/C=C/c3ccc4cc(F)c(F)cc4n3)c2)C1. The van der Waals surface area contributed by atoms with E-state index in [1.807, 2.05) is 36.4 Å². The van der Waals surface area contributed by atoms with Crippen LogP contribution in [0.5, 0.6) is 0 Å². The number of benzene rings is 3. The topological polar surface area (TPSA) is 58.4 Å². The Balaban J connectivity index is 1.28. The van der Waals surface area contributed by atoms with Crippen molar-refractivity contribution in [3.63, 3.8) is 0 Å². The first kappa shape index (κ1) is 25.8. The minimum Gasteiger partial charge on any atom is -0.481 e. The van der Waals surface area contributed by atoms with Gasteiger partial charge in [-0.3, -0.25) is 9.69 Å². The molecule has 0 saturated carbocycles. The molecule has 202 valence electrons. The molecule has 0 bridgehead atoms. The number of rotatable bonds is 7. The van der Waals surface area contributed by atoms with Crippen molar-refractivity contribution >= 4 is 39.9 Å². The smallest absolute Gasteiger partial charge is 0.304 e. The van der Waals surface area contributed by atoms with Gasteiger partial charge in [0.2, 0.25) is 0 Å². The van der Waals surface area contributed by atoms with Crippen LogP contribution in [-0.2, 0) is 24.3 Å². The quantitative estimate of drug-likeness (QED) is 0.250. The summed E-state index contributed by atoms with van der Waals surface area (Å²) in [6, 6.07) is 18.9. The second-order valence-corrected chi connectivity index (χ2v) is 10.1. The van der Waals surface area contributed by atoms with Gasteiger partial charge in [0.15, 0.2) is 11.6 Å². The Morgan fingerprint density at radius 2 is 1.77 bits per heavy atom. The summed E-state index contributed by atoms with van der Waals surface area (Å²) in [6.07, 6.45) is 4.51. The first-order valence-electron chi connectivity index (χ1n) is 13.1. The number of carboxylic acids is 1. The van der Waals surface area contributed by atoms with Crippen LogP contribution in [-0.4, -0.2) is 38.6 Å². The molecule has 3 heterocycles. The van der Waals surface area contributed by atoms with Crippen molar-refractivity contribution in [2.45, 2.75) is 25.9 Å². The van der Waals surface area contributed by atoms with E-state index in [9.17, 15) is 13.6 Å². The number of pyridine rings is 1. The minimum atomic E-state index is -0.929. The number of carboxylic acid groups (broad SMARTS) is 1. The molecule has 5 aromatic rings. The number of hydrogen-bond acceptors (Lipinski definition) is 3. The number of aromatic nitrogens is 2. The maximum Gasteiger partial charge on any atom is 0.304 e. The van der Waals surface area contributed by atoms with E-state index in [0.717, 1.165) is 46.6 Å². The Morgan fingerprint density at radius 1 is 0.950 bits per heavy atom. The highest BCUT2D eigenvalue weighted by atomic mass is 19.2. The summed E-state index contributed by atoms with van der Waals surface area (Å²) < 4.78 is 44.4.